The fraction of sp³-hybridized carbons (Fsp3) is 0.310. The van der Waals surface area contributed by atoms with Crippen LogP contribution in [0.25, 0.3) is 55.7 Å². The molecule has 0 spiro atoms. The second-order valence-corrected chi connectivity index (χ2v) is 25.8. The van der Waals surface area contributed by atoms with Gasteiger partial charge in [0.15, 0.2) is 0 Å². The summed E-state index contributed by atoms with van der Waals surface area (Å²) in [7, 11) is 0. The van der Waals surface area contributed by atoms with Crippen molar-refractivity contribution in [3.8, 4) is 22.6 Å². The van der Waals surface area contributed by atoms with Crippen LogP contribution in [0, 0.1) is 12.1 Å². The van der Waals surface area contributed by atoms with Gasteiger partial charge in [0.1, 0.15) is 0 Å². The van der Waals surface area contributed by atoms with Gasteiger partial charge in [0.05, 0.1) is 22.4 Å². The summed E-state index contributed by atoms with van der Waals surface area (Å²) in [5, 5.41) is 2.07. The van der Waals surface area contributed by atoms with Crippen molar-refractivity contribution in [1.29, 1.82) is 0 Å². The first-order valence-electron chi connectivity index (χ1n) is 16.9. The zero-order valence-electron chi connectivity index (χ0n) is 30.3. The molecule has 255 valence electrons. The first-order valence-corrected chi connectivity index (χ1v) is 24.3. The summed E-state index contributed by atoms with van der Waals surface area (Å²) in [6.45, 7) is 15.4. The molecule has 0 saturated carbocycles. The van der Waals surface area contributed by atoms with Crippen LogP contribution in [0.1, 0.15) is 71.7 Å². The van der Waals surface area contributed by atoms with Crippen molar-refractivity contribution in [2.75, 3.05) is 0 Å². The van der Waals surface area contributed by atoms with Crippen LogP contribution in [-0.4, -0.2) is 32.8 Å². The predicted octanol–water partition coefficient (Wildman–Crippen LogP) is 10.9. The van der Waals surface area contributed by atoms with Gasteiger partial charge in [-0.2, -0.15) is 0 Å². The predicted molar refractivity (Wildman–Crippen MR) is 204 cm³/mol. The minimum absolute atomic E-state index is 0. The second kappa shape index (κ2) is 14.3. The Morgan fingerprint density at radius 1 is 0.816 bits per heavy atom. The Bertz CT molecular complexity index is 2220. The fourth-order valence-electron chi connectivity index (χ4n) is 6.18. The van der Waals surface area contributed by atoms with Crippen molar-refractivity contribution >= 4 is 50.8 Å². The normalized spacial score (nSPS) is 12.1. The Hall–Kier alpha value is -3.58. The van der Waals surface area contributed by atoms with Crippen LogP contribution >= 0.6 is 0 Å². The summed E-state index contributed by atoms with van der Waals surface area (Å²) < 4.78 is 9.84. The number of hydrogen-bond acceptors (Lipinski definition) is 4. The van der Waals surface area contributed by atoms with Gasteiger partial charge in [-0.1, -0.05) is 38.3 Å². The first-order chi connectivity index (χ1) is 22.7. The van der Waals surface area contributed by atoms with E-state index in [4.69, 9.17) is 14.4 Å². The molecule has 0 aliphatic carbocycles. The molecule has 0 N–H and O–H groups in total. The van der Waals surface area contributed by atoms with Gasteiger partial charge in [-0.25, -0.2) is 4.98 Å². The Balaban J connectivity index is 0.000000205. The van der Waals surface area contributed by atoms with Gasteiger partial charge in [-0.3, -0.25) is 4.98 Å². The van der Waals surface area contributed by atoms with Crippen molar-refractivity contribution < 1.29 is 24.5 Å². The number of hydrogen-bond donors (Lipinski definition) is 0. The largest absolute Gasteiger partial charge is 0.486 e. The minimum Gasteiger partial charge on any atom is -0.486 e. The van der Waals surface area contributed by atoms with E-state index in [1.165, 1.54) is 9.96 Å². The van der Waals surface area contributed by atoms with Crippen LogP contribution in [0.2, 0.25) is 17.3 Å². The molecular formula is C42H46GeIrN4O-2. The van der Waals surface area contributed by atoms with Gasteiger partial charge in [0.2, 0.25) is 5.71 Å². The molecule has 0 aliphatic rings. The Labute approximate surface area is 307 Å². The number of nitrogens with zero attached hydrogens (tertiary/aromatic N) is 4. The smallest absolute Gasteiger partial charge is 0.216 e. The van der Waals surface area contributed by atoms with Gasteiger partial charge < -0.3 is 8.98 Å². The summed E-state index contributed by atoms with van der Waals surface area (Å²) in [4.78, 5) is 14.3. The molecule has 0 bridgehead atoms. The topological polar surface area (TPSA) is 56.7 Å². The van der Waals surface area contributed by atoms with Crippen molar-refractivity contribution in [2.24, 2.45) is 0 Å². The molecule has 0 amide bonds. The molecule has 0 saturated heterocycles. The van der Waals surface area contributed by atoms with Gasteiger partial charge in [-0.05, 0) is 38.1 Å². The zero-order chi connectivity index (χ0) is 34.4. The molecule has 7 heteroatoms. The Morgan fingerprint density at radius 3 is 2.20 bits per heavy atom. The van der Waals surface area contributed by atoms with Crippen molar-refractivity contribution in [3.05, 3.63) is 108 Å². The molecule has 0 atom stereocenters. The Kier molecular flexibility index (Phi) is 10.7. The molecule has 4 heterocycles. The van der Waals surface area contributed by atoms with E-state index in [1.807, 2.05) is 30.3 Å². The van der Waals surface area contributed by atoms with Crippen molar-refractivity contribution in [1.82, 2.24) is 19.5 Å². The molecule has 1 radical (unpaired) electrons. The Morgan fingerprint density at radius 2 is 1.55 bits per heavy atom. The van der Waals surface area contributed by atoms with Crippen LogP contribution in [-0.2, 0) is 25.5 Å². The monoisotopic (exact) mass is 889 g/mol. The van der Waals surface area contributed by atoms with Crippen LogP contribution in [0.4, 0.5) is 0 Å². The quantitative estimate of drug-likeness (QED) is 0.128. The maximum absolute atomic E-state index is 6.05. The van der Waals surface area contributed by atoms with E-state index >= 15 is 0 Å². The van der Waals surface area contributed by atoms with E-state index in [2.05, 4.69) is 142 Å². The standard InChI is InChI=1S/C25H24N3O.C17H22GeN.Ir/c1-15(2)28-20-9-7-6-8-19(20)26-23(28)16-10-12-21-18(14-16)17-11-13-22(25(3,4)5)27-24(17)29-21;1-13(2)15-11-17(14-9-7-6-8-10-14)19-12-16(15)18(3,4)5;/h6-9,11-15H,1-5H3;6-9,11-13H,1-5H3;/q2*-1;. The molecule has 0 fully saturated rings. The van der Waals surface area contributed by atoms with E-state index in [0.29, 0.717) is 17.7 Å². The number of para-hydroxylation sites is 2. The number of furan rings is 1. The van der Waals surface area contributed by atoms with Gasteiger partial charge in [0.25, 0.3) is 0 Å². The van der Waals surface area contributed by atoms with Crippen molar-refractivity contribution in [2.45, 2.75) is 83.1 Å². The van der Waals surface area contributed by atoms with Gasteiger partial charge in [-0.15, -0.1) is 23.8 Å². The molecule has 4 aromatic heterocycles. The average molecular weight is 888 g/mol. The minimum atomic E-state index is -1.85. The molecule has 3 aromatic carbocycles. The van der Waals surface area contributed by atoms with Gasteiger partial charge >= 0.3 is 119 Å². The third-order valence-electron chi connectivity index (χ3n) is 8.74. The number of fused-ring (bicyclic) bond motifs is 4. The van der Waals surface area contributed by atoms with Crippen LogP contribution in [0.3, 0.4) is 0 Å². The summed E-state index contributed by atoms with van der Waals surface area (Å²) in [5.74, 6) is 8.76. The van der Waals surface area contributed by atoms with E-state index in [-0.39, 0.29) is 25.5 Å². The molecule has 0 unspecified atom stereocenters. The zero-order valence-corrected chi connectivity index (χ0v) is 34.8. The molecular weight excluding hydrogens is 841 g/mol. The van der Waals surface area contributed by atoms with E-state index in [0.717, 1.165) is 55.7 Å². The summed E-state index contributed by atoms with van der Waals surface area (Å²) in [5.41, 5.74) is 9.17. The maximum atomic E-state index is 6.05. The first kappa shape index (κ1) is 36.7. The average Bonchev–Trinajstić information content (AvgIpc) is 3.62. The molecule has 5 nitrogen and oxygen atoms in total. The SMILES string of the molecule is CC(C)c1cc(-c2[c-]cccc2)nc[c]1[Ge]([CH3])([CH3])[CH3].CC(C)n1c(-c2[c-]cc3oc4nc(C(C)(C)C)ccc4c3c2)nc2ccccc21.[Ir]. The van der Waals surface area contributed by atoms with E-state index in [1.54, 1.807) is 0 Å². The molecule has 49 heavy (non-hydrogen) atoms. The number of imidazole rings is 1. The van der Waals surface area contributed by atoms with Crippen molar-refractivity contribution in [3.63, 3.8) is 0 Å². The number of rotatable bonds is 5. The second-order valence-electron chi connectivity index (χ2n) is 15.3. The summed E-state index contributed by atoms with van der Waals surface area (Å²) >= 11 is -1.85. The summed E-state index contributed by atoms with van der Waals surface area (Å²) in [6.07, 6.45) is 2.12. The van der Waals surface area contributed by atoms with E-state index < -0.39 is 13.3 Å². The fourth-order valence-corrected chi connectivity index (χ4v) is 9.70. The molecule has 7 aromatic rings. The number of aromatic nitrogens is 4. The number of pyridine rings is 2. The van der Waals surface area contributed by atoms with Crippen LogP contribution in [0.15, 0.2) is 89.5 Å². The third kappa shape index (κ3) is 7.62. The molecule has 0 aliphatic heterocycles. The number of benzene rings is 3. The summed E-state index contributed by atoms with van der Waals surface area (Å²) in [6, 6.07) is 33.8. The molecule has 7 rings (SSSR count). The maximum Gasteiger partial charge on any atom is 0.216 e. The van der Waals surface area contributed by atoms with Crippen LogP contribution < -0.4 is 4.40 Å². The van der Waals surface area contributed by atoms with Gasteiger partial charge in [0, 0.05) is 42.6 Å². The third-order valence-corrected chi connectivity index (χ3v) is 13.0. The van der Waals surface area contributed by atoms with E-state index in [9.17, 15) is 0 Å². The van der Waals surface area contributed by atoms with Crippen LogP contribution in [0.5, 0.6) is 0 Å².